The summed E-state index contributed by atoms with van der Waals surface area (Å²) in [5.74, 6) is -0.115. The van der Waals surface area contributed by atoms with E-state index in [9.17, 15) is 4.79 Å². The molecule has 0 saturated heterocycles. The van der Waals surface area contributed by atoms with E-state index in [1.807, 2.05) is 13.8 Å². The molecule has 0 aromatic heterocycles. The van der Waals surface area contributed by atoms with Gasteiger partial charge in [-0.3, -0.25) is 4.79 Å². The SMILES string of the molecule is Cc1ccc(C)c(CNC(=O)C(C)N)c1. The molecule has 1 rings (SSSR count). The Bertz CT molecular complexity index is 359. The Hall–Kier alpha value is -1.35. The number of hydrogen-bond donors (Lipinski definition) is 2. The lowest BCUT2D eigenvalue weighted by Crippen LogP contribution is -2.37. The summed E-state index contributed by atoms with van der Waals surface area (Å²) in [5, 5.41) is 2.80. The number of nitrogens with one attached hydrogen (secondary N) is 1. The Morgan fingerprint density at radius 3 is 2.73 bits per heavy atom. The van der Waals surface area contributed by atoms with Gasteiger partial charge in [-0.05, 0) is 31.9 Å². The van der Waals surface area contributed by atoms with E-state index in [0.29, 0.717) is 6.54 Å². The zero-order chi connectivity index (χ0) is 11.4. The third-order valence-corrected chi connectivity index (χ3v) is 2.37. The summed E-state index contributed by atoms with van der Waals surface area (Å²) in [6, 6.07) is 5.75. The number of benzene rings is 1. The summed E-state index contributed by atoms with van der Waals surface area (Å²) in [6.07, 6.45) is 0. The first kappa shape index (κ1) is 11.7. The number of rotatable bonds is 3. The van der Waals surface area contributed by atoms with Crippen molar-refractivity contribution in [3.63, 3.8) is 0 Å². The normalized spacial score (nSPS) is 12.3. The van der Waals surface area contributed by atoms with Gasteiger partial charge in [-0.2, -0.15) is 0 Å². The second-order valence-corrected chi connectivity index (χ2v) is 3.94. The quantitative estimate of drug-likeness (QED) is 0.782. The van der Waals surface area contributed by atoms with Crippen LogP contribution in [0, 0.1) is 13.8 Å². The van der Waals surface area contributed by atoms with Gasteiger partial charge < -0.3 is 11.1 Å². The first-order valence-corrected chi connectivity index (χ1v) is 5.10. The fraction of sp³-hybridized carbons (Fsp3) is 0.417. The van der Waals surface area contributed by atoms with E-state index in [0.717, 1.165) is 5.56 Å². The van der Waals surface area contributed by atoms with Crippen LogP contribution in [-0.2, 0) is 11.3 Å². The van der Waals surface area contributed by atoms with Crippen molar-refractivity contribution >= 4 is 5.91 Å². The van der Waals surface area contributed by atoms with E-state index >= 15 is 0 Å². The van der Waals surface area contributed by atoms with Crippen LogP contribution < -0.4 is 11.1 Å². The smallest absolute Gasteiger partial charge is 0.236 e. The lowest BCUT2D eigenvalue weighted by molar-refractivity contribution is -0.122. The van der Waals surface area contributed by atoms with Crippen molar-refractivity contribution < 1.29 is 4.79 Å². The molecule has 0 aliphatic carbocycles. The van der Waals surface area contributed by atoms with E-state index in [1.165, 1.54) is 11.1 Å². The minimum Gasteiger partial charge on any atom is -0.351 e. The maximum absolute atomic E-state index is 11.3. The molecule has 1 unspecified atom stereocenters. The number of carbonyl (C=O) groups excluding carboxylic acids is 1. The summed E-state index contributed by atoms with van der Waals surface area (Å²) in [7, 11) is 0. The zero-order valence-corrected chi connectivity index (χ0v) is 9.50. The Kier molecular flexibility index (Phi) is 3.86. The third-order valence-electron chi connectivity index (χ3n) is 2.37. The van der Waals surface area contributed by atoms with Crippen LogP contribution >= 0.6 is 0 Å². The van der Waals surface area contributed by atoms with Crippen molar-refractivity contribution in [1.82, 2.24) is 5.32 Å². The van der Waals surface area contributed by atoms with Crippen molar-refractivity contribution in [3.05, 3.63) is 34.9 Å². The molecule has 82 valence electrons. The van der Waals surface area contributed by atoms with Gasteiger partial charge in [-0.15, -0.1) is 0 Å². The van der Waals surface area contributed by atoms with E-state index in [1.54, 1.807) is 6.92 Å². The van der Waals surface area contributed by atoms with Gasteiger partial charge in [0.25, 0.3) is 0 Å². The summed E-state index contributed by atoms with van der Waals surface area (Å²) >= 11 is 0. The summed E-state index contributed by atoms with van der Waals surface area (Å²) < 4.78 is 0. The highest BCUT2D eigenvalue weighted by molar-refractivity contribution is 5.80. The number of carbonyl (C=O) groups is 1. The predicted octanol–water partition coefficient (Wildman–Crippen LogP) is 1.27. The number of aryl methyl sites for hydroxylation is 2. The van der Waals surface area contributed by atoms with Crippen LogP contribution in [0.1, 0.15) is 23.6 Å². The van der Waals surface area contributed by atoms with Gasteiger partial charge in [-0.1, -0.05) is 23.8 Å². The Labute approximate surface area is 90.7 Å². The maximum atomic E-state index is 11.3. The molecule has 0 spiro atoms. The maximum Gasteiger partial charge on any atom is 0.236 e. The third kappa shape index (κ3) is 3.36. The van der Waals surface area contributed by atoms with Crippen LogP contribution in [0.2, 0.25) is 0 Å². The van der Waals surface area contributed by atoms with Crippen molar-refractivity contribution in [1.29, 1.82) is 0 Å². The van der Waals surface area contributed by atoms with E-state index in [4.69, 9.17) is 5.73 Å². The zero-order valence-electron chi connectivity index (χ0n) is 9.50. The van der Waals surface area contributed by atoms with Crippen molar-refractivity contribution in [3.8, 4) is 0 Å². The highest BCUT2D eigenvalue weighted by atomic mass is 16.2. The topological polar surface area (TPSA) is 55.1 Å². The molecular formula is C12H18N2O. The Morgan fingerprint density at radius 1 is 1.47 bits per heavy atom. The Balaban J connectivity index is 2.65. The lowest BCUT2D eigenvalue weighted by Gasteiger charge is -2.10. The number of amides is 1. The fourth-order valence-corrected chi connectivity index (χ4v) is 1.33. The van der Waals surface area contributed by atoms with Gasteiger partial charge in [0.15, 0.2) is 0 Å². The lowest BCUT2D eigenvalue weighted by atomic mass is 10.1. The van der Waals surface area contributed by atoms with Crippen LogP contribution in [0.15, 0.2) is 18.2 Å². The van der Waals surface area contributed by atoms with Crippen LogP contribution in [0.4, 0.5) is 0 Å². The molecule has 3 N–H and O–H groups in total. The summed E-state index contributed by atoms with van der Waals surface area (Å²) in [5.41, 5.74) is 8.98. The largest absolute Gasteiger partial charge is 0.351 e. The highest BCUT2D eigenvalue weighted by Gasteiger charge is 2.07. The van der Waals surface area contributed by atoms with E-state index < -0.39 is 6.04 Å². The molecule has 1 aromatic rings. The number of hydrogen-bond acceptors (Lipinski definition) is 2. The molecule has 0 fully saturated rings. The average molecular weight is 206 g/mol. The summed E-state index contributed by atoms with van der Waals surface area (Å²) in [4.78, 5) is 11.3. The van der Waals surface area contributed by atoms with Crippen molar-refractivity contribution in [2.45, 2.75) is 33.4 Å². The second kappa shape index (κ2) is 4.94. The molecule has 0 saturated carbocycles. The van der Waals surface area contributed by atoms with Crippen LogP contribution in [0.5, 0.6) is 0 Å². The first-order valence-electron chi connectivity index (χ1n) is 5.10. The van der Waals surface area contributed by atoms with Crippen molar-refractivity contribution in [2.75, 3.05) is 0 Å². The van der Waals surface area contributed by atoms with Crippen LogP contribution in [0.25, 0.3) is 0 Å². The van der Waals surface area contributed by atoms with Crippen LogP contribution in [-0.4, -0.2) is 11.9 Å². The molecular weight excluding hydrogens is 188 g/mol. The molecule has 1 amide bonds. The van der Waals surface area contributed by atoms with Crippen molar-refractivity contribution in [2.24, 2.45) is 5.73 Å². The van der Waals surface area contributed by atoms with E-state index in [2.05, 4.69) is 23.5 Å². The fourth-order valence-electron chi connectivity index (χ4n) is 1.33. The van der Waals surface area contributed by atoms with Gasteiger partial charge in [0.1, 0.15) is 0 Å². The molecule has 15 heavy (non-hydrogen) atoms. The van der Waals surface area contributed by atoms with Gasteiger partial charge in [-0.25, -0.2) is 0 Å². The summed E-state index contributed by atoms with van der Waals surface area (Å²) in [6.45, 7) is 6.30. The molecule has 1 atom stereocenters. The average Bonchev–Trinajstić information content (AvgIpc) is 2.18. The molecule has 0 bridgehead atoms. The number of nitrogens with two attached hydrogens (primary N) is 1. The highest BCUT2D eigenvalue weighted by Crippen LogP contribution is 2.10. The Morgan fingerprint density at radius 2 is 2.13 bits per heavy atom. The van der Waals surface area contributed by atoms with Gasteiger partial charge >= 0.3 is 0 Å². The minimum absolute atomic E-state index is 0.115. The van der Waals surface area contributed by atoms with E-state index in [-0.39, 0.29) is 5.91 Å². The molecule has 0 aliphatic heterocycles. The molecule has 0 heterocycles. The van der Waals surface area contributed by atoms with Crippen LogP contribution in [0.3, 0.4) is 0 Å². The van der Waals surface area contributed by atoms with Gasteiger partial charge in [0.2, 0.25) is 5.91 Å². The predicted molar refractivity (Wildman–Crippen MR) is 61.4 cm³/mol. The molecule has 0 radical (unpaired) electrons. The molecule has 3 heteroatoms. The molecule has 3 nitrogen and oxygen atoms in total. The first-order chi connectivity index (χ1) is 7.00. The standard InChI is InChI=1S/C12H18N2O/c1-8-4-5-9(2)11(6-8)7-14-12(15)10(3)13/h4-6,10H,7,13H2,1-3H3,(H,14,15). The van der Waals surface area contributed by atoms with Gasteiger partial charge in [0, 0.05) is 6.54 Å². The minimum atomic E-state index is -0.449. The molecule has 0 aliphatic rings. The molecule has 1 aromatic carbocycles. The second-order valence-electron chi connectivity index (χ2n) is 3.94. The van der Waals surface area contributed by atoms with Gasteiger partial charge in [0.05, 0.1) is 6.04 Å². The monoisotopic (exact) mass is 206 g/mol.